The van der Waals surface area contributed by atoms with Crippen LogP contribution in [0.15, 0.2) is 36.7 Å². The largest absolute Gasteiger partial charge is 0.449 e. The number of halogens is 1. The molecule has 4 nitrogen and oxygen atoms in total. The van der Waals surface area contributed by atoms with Gasteiger partial charge in [-0.15, -0.1) is 0 Å². The molecule has 0 amide bonds. The summed E-state index contributed by atoms with van der Waals surface area (Å²) in [5.41, 5.74) is 2.00. The van der Waals surface area contributed by atoms with Crippen LogP contribution < -0.4 is 0 Å². The molecule has 2 rings (SSSR count). The van der Waals surface area contributed by atoms with E-state index in [9.17, 15) is 4.79 Å². The van der Waals surface area contributed by atoms with E-state index < -0.39 is 6.09 Å². The fourth-order valence-electron chi connectivity index (χ4n) is 1.70. The van der Waals surface area contributed by atoms with E-state index in [0.29, 0.717) is 17.8 Å². The van der Waals surface area contributed by atoms with Crippen LogP contribution in [0.25, 0.3) is 11.4 Å². The number of imidazole rings is 1. The summed E-state index contributed by atoms with van der Waals surface area (Å²) in [5.74, 6) is 0.600. The van der Waals surface area contributed by atoms with Crippen LogP contribution in [0.4, 0.5) is 4.79 Å². The van der Waals surface area contributed by atoms with Crippen molar-refractivity contribution >= 4 is 22.0 Å². The summed E-state index contributed by atoms with van der Waals surface area (Å²) < 4.78 is 6.42. The first kappa shape index (κ1) is 12.8. The van der Waals surface area contributed by atoms with Crippen molar-refractivity contribution in [2.24, 2.45) is 0 Å². The molecule has 0 radical (unpaired) electrons. The molecule has 0 spiro atoms. The molecule has 1 aromatic carbocycles. The minimum absolute atomic E-state index is 0.344. The highest BCUT2D eigenvalue weighted by molar-refractivity contribution is 9.08. The van der Waals surface area contributed by atoms with Gasteiger partial charge in [-0.05, 0) is 12.5 Å². The summed E-state index contributed by atoms with van der Waals surface area (Å²) in [6.07, 6.45) is 2.80. The average molecular weight is 309 g/mol. The van der Waals surface area contributed by atoms with E-state index >= 15 is 0 Å². The van der Waals surface area contributed by atoms with E-state index in [1.165, 1.54) is 4.57 Å². The molecular weight excluding hydrogens is 296 g/mol. The van der Waals surface area contributed by atoms with Crippen molar-refractivity contribution in [1.29, 1.82) is 0 Å². The lowest BCUT2D eigenvalue weighted by Gasteiger charge is -2.09. The Kier molecular flexibility index (Phi) is 4.15. The van der Waals surface area contributed by atoms with Crippen LogP contribution in [0.5, 0.6) is 0 Å². The van der Waals surface area contributed by atoms with Crippen LogP contribution in [0.1, 0.15) is 12.5 Å². The second-order valence-electron chi connectivity index (χ2n) is 3.61. The van der Waals surface area contributed by atoms with Gasteiger partial charge in [0, 0.05) is 23.3 Å². The summed E-state index contributed by atoms with van der Waals surface area (Å²) in [7, 11) is 0. The number of aromatic nitrogens is 2. The van der Waals surface area contributed by atoms with Crippen molar-refractivity contribution in [3.05, 3.63) is 42.2 Å². The van der Waals surface area contributed by atoms with Crippen LogP contribution >= 0.6 is 15.9 Å². The predicted molar refractivity (Wildman–Crippen MR) is 72.7 cm³/mol. The van der Waals surface area contributed by atoms with Crippen molar-refractivity contribution in [3.63, 3.8) is 0 Å². The summed E-state index contributed by atoms with van der Waals surface area (Å²) in [5, 5.41) is 0.707. The van der Waals surface area contributed by atoms with Crippen LogP contribution in [0.2, 0.25) is 0 Å². The van der Waals surface area contributed by atoms with E-state index in [4.69, 9.17) is 4.74 Å². The lowest BCUT2D eigenvalue weighted by molar-refractivity contribution is 0.154. The van der Waals surface area contributed by atoms with Crippen molar-refractivity contribution in [1.82, 2.24) is 9.55 Å². The predicted octanol–water partition coefficient (Wildman–Crippen LogP) is 3.45. The molecule has 94 valence electrons. The smallest absolute Gasteiger partial charge is 0.419 e. The Morgan fingerprint density at radius 1 is 1.44 bits per heavy atom. The third kappa shape index (κ3) is 2.46. The Morgan fingerprint density at radius 2 is 2.22 bits per heavy atom. The second-order valence-corrected chi connectivity index (χ2v) is 4.17. The third-order valence-corrected chi connectivity index (χ3v) is 3.11. The summed E-state index contributed by atoms with van der Waals surface area (Å²) in [4.78, 5) is 16.0. The van der Waals surface area contributed by atoms with Gasteiger partial charge in [-0.3, -0.25) is 0 Å². The van der Waals surface area contributed by atoms with Crippen LogP contribution in [-0.4, -0.2) is 22.3 Å². The molecule has 2 aromatic rings. The van der Waals surface area contributed by atoms with E-state index in [2.05, 4.69) is 20.9 Å². The number of nitrogens with zero attached hydrogens (tertiary/aromatic N) is 2. The molecule has 18 heavy (non-hydrogen) atoms. The van der Waals surface area contributed by atoms with Gasteiger partial charge in [0.15, 0.2) is 0 Å². The number of ether oxygens (including phenoxy) is 1. The standard InChI is InChI=1S/C13H13BrN2O2/c1-2-18-13(17)16-8-7-15-12(16)11-6-4-3-5-10(11)9-14/h3-8H,2,9H2,1H3. The van der Waals surface area contributed by atoms with Gasteiger partial charge in [-0.1, -0.05) is 40.2 Å². The molecule has 0 atom stereocenters. The number of carbonyl (C=O) groups is 1. The van der Waals surface area contributed by atoms with Gasteiger partial charge in [0.2, 0.25) is 0 Å². The molecule has 1 heterocycles. The van der Waals surface area contributed by atoms with Gasteiger partial charge in [0.25, 0.3) is 0 Å². The van der Waals surface area contributed by atoms with Crippen molar-refractivity contribution in [2.45, 2.75) is 12.3 Å². The lowest BCUT2D eigenvalue weighted by Crippen LogP contribution is -2.14. The van der Waals surface area contributed by atoms with Gasteiger partial charge in [0.1, 0.15) is 5.82 Å². The van der Waals surface area contributed by atoms with Crippen molar-refractivity contribution in [2.75, 3.05) is 6.61 Å². The van der Waals surface area contributed by atoms with Crippen LogP contribution in [0.3, 0.4) is 0 Å². The highest BCUT2D eigenvalue weighted by Gasteiger charge is 2.15. The molecule has 0 aliphatic heterocycles. The zero-order chi connectivity index (χ0) is 13.0. The zero-order valence-electron chi connectivity index (χ0n) is 9.97. The van der Waals surface area contributed by atoms with E-state index in [1.54, 1.807) is 19.3 Å². The Balaban J connectivity index is 2.45. The quantitative estimate of drug-likeness (QED) is 0.816. The van der Waals surface area contributed by atoms with E-state index in [1.807, 2.05) is 24.3 Å². The normalized spacial score (nSPS) is 10.3. The minimum atomic E-state index is -0.408. The van der Waals surface area contributed by atoms with Gasteiger partial charge in [0.05, 0.1) is 6.61 Å². The van der Waals surface area contributed by atoms with Gasteiger partial charge in [-0.2, -0.15) is 0 Å². The number of rotatable bonds is 3. The Labute approximate surface area is 114 Å². The Morgan fingerprint density at radius 3 is 2.94 bits per heavy atom. The molecule has 0 fully saturated rings. The molecule has 0 bridgehead atoms. The number of hydrogen-bond acceptors (Lipinski definition) is 3. The first-order valence-electron chi connectivity index (χ1n) is 5.62. The highest BCUT2D eigenvalue weighted by atomic mass is 79.9. The Hall–Kier alpha value is -1.62. The van der Waals surface area contributed by atoms with E-state index in [0.717, 1.165) is 11.1 Å². The van der Waals surface area contributed by atoms with Crippen LogP contribution in [-0.2, 0) is 10.1 Å². The molecule has 0 saturated heterocycles. The monoisotopic (exact) mass is 308 g/mol. The number of benzene rings is 1. The maximum Gasteiger partial charge on any atom is 0.419 e. The van der Waals surface area contributed by atoms with Gasteiger partial charge < -0.3 is 4.74 Å². The van der Waals surface area contributed by atoms with Crippen molar-refractivity contribution in [3.8, 4) is 11.4 Å². The van der Waals surface area contributed by atoms with Crippen LogP contribution in [0, 0.1) is 0 Å². The SMILES string of the molecule is CCOC(=O)n1ccnc1-c1ccccc1CBr. The summed E-state index contributed by atoms with van der Waals surface area (Å²) >= 11 is 3.43. The first-order valence-corrected chi connectivity index (χ1v) is 6.74. The lowest BCUT2D eigenvalue weighted by atomic mass is 10.1. The number of hydrogen-bond donors (Lipinski definition) is 0. The first-order chi connectivity index (χ1) is 8.77. The molecule has 0 unspecified atom stereocenters. The van der Waals surface area contributed by atoms with Crippen molar-refractivity contribution < 1.29 is 9.53 Å². The summed E-state index contributed by atoms with van der Waals surface area (Å²) in [6, 6.07) is 7.81. The second kappa shape index (κ2) is 5.82. The zero-order valence-corrected chi connectivity index (χ0v) is 11.6. The molecule has 0 aliphatic carbocycles. The van der Waals surface area contributed by atoms with Gasteiger partial charge >= 0.3 is 6.09 Å². The third-order valence-electron chi connectivity index (χ3n) is 2.51. The minimum Gasteiger partial charge on any atom is -0.449 e. The fourth-order valence-corrected chi connectivity index (χ4v) is 2.19. The number of carbonyl (C=O) groups excluding carboxylic acids is 1. The fraction of sp³-hybridized carbons (Fsp3) is 0.231. The maximum atomic E-state index is 11.8. The molecular formula is C13H13BrN2O2. The summed E-state index contributed by atoms with van der Waals surface area (Å²) in [6.45, 7) is 2.12. The average Bonchev–Trinajstić information content (AvgIpc) is 2.88. The highest BCUT2D eigenvalue weighted by Crippen LogP contribution is 2.24. The topological polar surface area (TPSA) is 44.1 Å². The molecule has 0 saturated carbocycles. The number of alkyl halides is 1. The molecule has 1 aromatic heterocycles. The van der Waals surface area contributed by atoms with Gasteiger partial charge in [-0.25, -0.2) is 14.3 Å². The Bertz CT molecular complexity index is 551. The van der Waals surface area contributed by atoms with E-state index in [-0.39, 0.29) is 0 Å². The molecule has 0 aliphatic rings. The molecule has 5 heteroatoms. The molecule has 0 N–H and O–H groups in total. The maximum absolute atomic E-state index is 11.8.